The van der Waals surface area contributed by atoms with E-state index in [1.165, 1.54) is 0 Å². The van der Waals surface area contributed by atoms with Gasteiger partial charge in [-0.25, -0.2) is 0 Å². The standard InChI is InChI=1S/C13H26N4O2/c1-4-7-14-11(3)12-16-17-13(19-12)15-8-6-10-18-9-5-2/h11,14H,4-10H2,1-3H3,(H,15,17). The van der Waals surface area contributed by atoms with Crippen LogP contribution in [0.5, 0.6) is 0 Å². The average molecular weight is 270 g/mol. The molecule has 0 aromatic carbocycles. The Bertz CT molecular complexity index is 330. The quantitative estimate of drug-likeness (QED) is 0.601. The fraction of sp³-hybridized carbons (Fsp3) is 0.846. The number of ether oxygens (including phenoxy) is 1. The van der Waals surface area contributed by atoms with E-state index in [9.17, 15) is 0 Å². The van der Waals surface area contributed by atoms with Crippen molar-refractivity contribution >= 4 is 6.01 Å². The molecule has 0 aliphatic heterocycles. The number of nitrogens with one attached hydrogen (secondary N) is 2. The normalized spacial score (nSPS) is 12.6. The van der Waals surface area contributed by atoms with Crippen LogP contribution >= 0.6 is 0 Å². The van der Waals surface area contributed by atoms with Gasteiger partial charge in [0.1, 0.15) is 0 Å². The molecule has 0 aliphatic carbocycles. The van der Waals surface area contributed by atoms with E-state index in [2.05, 4.69) is 34.7 Å². The third-order valence-electron chi connectivity index (χ3n) is 2.60. The molecule has 1 atom stereocenters. The number of hydrogen-bond donors (Lipinski definition) is 2. The van der Waals surface area contributed by atoms with Crippen LogP contribution in [-0.2, 0) is 4.74 Å². The second-order valence-electron chi connectivity index (χ2n) is 4.51. The van der Waals surface area contributed by atoms with E-state index >= 15 is 0 Å². The molecule has 0 saturated carbocycles. The Balaban J connectivity index is 2.19. The van der Waals surface area contributed by atoms with Crippen LogP contribution in [0.3, 0.4) is 0 Å². The maximum Gasteiger partial charge on any atom is 0.315 e. The minimum atomic E-state index is 0.0934. The van der Waals surface area contributed by atoms with E-state index < -0.39 is 0 Å². The molecule has 0 saturated heterocycles. The Labute approximate surface area is 115 Å². The summed E-state index contributed by atoms with van der Waals surface area (Å²) in [5.41, 5.74) is 0. The predicted molar refractivity (Wildman–Crippen MR) is 75.2 cm³/mol. The highest BCUT2D eigenvalue weighted by Gasteiger charge is 2.12. The molecule has 1 rings (SSSR count). The molecule has 0 radical (unpaired) electrons. The highest BCUT2D eigenvalue weighted by atomic mass is 16.5. The molecule has 19 heavy (non-hydrogen) atoms. The van der Waals surface area contributed by atoms with Crippen LogP contribution in [0.4, 0.5) is 6.01 Å². The number of nitrogens with zero attached hydrogens (tertiary/aromatic N) is 2. The minimum absolute atomic E-state index is 0.0934. The third kappa shape index (κ3) is 6.54. The summed E-state index contributed by atoms with van der Waals surface area (Å²) in [6.45, 7) is 9.56. The van der Waals surface area contributed by atoms with E-state index in [1.807, 2.05) is 6.92 Å². The lowest BCUT2D eigenvalue weighted by Gasteiger charge is -2.07. The Morgan fingerprint density at radius 2 is 2.00 bits per heavy atom. The van der Waals surface area contributed by atoms with Gasteiger partial charge in [-0.1, -0.05) is 18.9 Å². The monoisotopic (exact) mass is 270 g/mol. The lowest BCUT2D eigenvalue weighted by molar-refractivity contribution is 0.134. The van der Waals surface area contributed by atoms with E-state index in [4.69, 9.17) is 9.15 Å². The first-order chi connectivity index (χ1) is 9.27. The maximum absolute atomic E-state index is 5.53. The van der Waals surface area contributed by atoms with Gasteiger partial charge in [-0.15, -0.1) is 5.10 Å². The summed E-state index contributed by atoms with van der Waals surface area (Å²) >= 11 is 0. The number of rotatable bonds is 11. The van der Waals surface area contributed by atoms with E-state index in [-0.39, 0.29) is 6.04 Å². The molecule has 0 aliphatic rings. The number of hydrogen-bond acceptors (Lipinski definition) is 6. The van der Waals surface area contributed by atoms with Gasteiger partial charge in [-0.3, -0.25) is 0 Å². The van der Waals surface area contributed by atoms with Gasteiger partial charge in [0.15, 0.2) is 0 Å². The van der Waals surface area contributed by atoms with Gasteiger partial charge in [0.25, 0.3) is 0 Å². The second kappa shape index (κ2) is 9.75. The van der Waals surface area contributed by atoms with Gasteiger partial charge >= 0.3 is 6.01 Å². The SMILES string of the molecule is CCCNC(C)c1nnc(NCCCOCCC)o1. The van der Waals surface area contributed by atoms with E-state index in [0.717, 1.165) is 45.6 Å². The zero-order valence-electron chi connectivity index (χ0n) is 12.2. The molecule has 0 spiro atoms. The molecule has 1 aromatic rings. The van der Waals surface area contributed by atoms with Crippen LogP contribution in [-0.4, -0.2) is 36.5 Å². The molecule has 1 heterocycles. The van der Waals surface area contributed by atoms with Gasteiger partial charge in [0, 0.05) is 19.8 Å². The Kier molecular flexibility index (Phi) is 8.16. The summed E-state index contributed by atoms with van der Waals surface area (Å²) in [5, 5.41) is 14.4. The summed E-state index contributed by atoms with van der Waals surface area (Å²) in [6, 6.07) is 0.575. The molecule has 2 N–H and O–H groups in total. The summed E-state index contributed by atoms with van der Waals surface area (Å²) in [7, 11) is 0. The van der Waals surface area contributed by atoms with Crippen molar-refractivity contribution in [2.45, 2.75) is 46.1 Å². The lowest BCUT2D eigenvalue weighted by atomic mass is 10.3. The average Bonchev–Trinajstić information content (AvgIpc) is 2.89. The molecule has 0 bridgehead atoms. The van der Waals surface area contributed by atoms with Crippen LogP contribution in [0.15, 0.2) is 4.42 Å². The first kappa shape index (κ1) is 15.9. The van der Waals surface area contributed by atoms with Crippen LogP contribution in [0.2, 0.25) is 0 Å². The molecular weight excluding hydrogens is 244 g/mol. The predicted octanol–water partition coefficient (Wildman–Crippen LogP) is 2.36. The maximum atomic E-state index is 5.53. The van der Waals surface area contributed by atoms with Crippen molar-refractivity contribution in [3.05, 3.63) is 5.89 Å². The largest absolute Gasteiger partial charge is 0.406 e. The highest BCUT2D eigenvalue weighted by molar-refractivity contribution is 5.16. The van der Waals surface area contributed by atoms with Crippen molar-refractivity contribution in [2.75, 3.05) is 31.6 Å². The first-order valence-electron chi connectivity index (χ1n) is 7.16. The summed E-state index contributed by atoms with van der Waals surface area (Å²) in [6.07, 6.45) is 3.08. The highest BCUT2D eigenvalue weighted by Crippen LogP contribution is 2.13. The summed E-state index contributed by atoms with van der Waals surface area (Å²) < 4.78 is 10.9. The molecule has 6 heteroatoms. The van der Waals surface area contributed by atoms with Gasteiger partial charge in [0.05, 0.1) is 6.04 Å². The molecule has 6 nitrogen and oxygen atoms in total. The van der Waals surface area contributed by atoms with Gasteiger partial charge in [0.2, 0.25) is 5.89 Å². The summed E-state index contributed by atoms with van der Waals surface area (Å²) in [4.78, 5) is 0. The topological polar surface area (TPSA) is 72.2 Å². The molecule has 0 fully saturated rings. The van der Waals surface area contributed by atoms with Crippen molar-refractivity contribution in [2.24, 2.45) is 0 Å². The van der Waals surface area contributed by atoms with Gasteiger partial charge < -0.3 is 19.8 Å². The van der Waals surface area contributed by atoms with Crippen LogP contribution < -0.4 is 10.6 Å². The van der Waals surface area contributed by atoms with Gasteiger partial charge in [-0.05, 0) is 32.7 Å². The zero-order chi connectivity index (χ0) is 13.9. The molecule has 1 unspecified atom stereocenters. The number of anilines is 1. The van der Waals surface area contributed by atoms with Crippen molar-refractivity contribution in [1.29, 1.82) is 0 Å². The minimum Gasteiger partial charge on any atom is -0.406 e. The molecular formula is C13H26N4O2. The van der Waals surface area contributed by atoms with Crippen molar-refractivity contribution < 1.29 is 9.15 Å². The Morgan fingerprint density at radius 3 is 2.74 bits per heavy atom. The Morgan fingerprint density at radius 1 is 1.16 bits per heavy atom. The first-order valence-corrected chi connectivity index (χ1v) is 7.16. The molecule has 110 valence electrons. The fourth-order valence-corrected chi connectivity index (χ4v) is 1.55. The van der Waals surface area contributed by atoms with Crippen molar-refractivity contribution in [3.63, 3.8) is 0 Å². The van der Waals surface area contributed by atoms with Crippen molar-refractivity contribution in [3.8, 4) is 0 Å². The fourth-order valence-electron chi connectivity index (χ4n) is 1.55. The van der Waals surface area contributed by atoms with Gasteiger partial charge in [-0.2, -0.15) is 0 Å². The van der Waals surface area contributed by atoms with Crippen molar-refractivity contribution in [1.82, 2.24) is 15.5 Å². The third-order valence-corrected chi connectivity index (χ3v) is 2.60. The molecule has 0 amide bonds. The smallest absolute Gasteiger partial charge is 0.315 e. The zero-order valence-corrected chi connectivity index (χ0v) is 12.2. The molecule has 1 aromatic heterocycles. The lowest BCUT2D eigenvalue weighted by Crippen LogP contribution is -2.19. The second-order valence-corrected chi connectivity index (χ2v) is 4.51. The summed E-state index contributed by atoms with van der Waals surface area (Å²) in [5.74, 6) is 0.623. The Hall–Kier alpha value is -1.14. The van der Waals surface area contributed by atoms with Crippen LogP contribution in [0.1, 0.15) is 52.0 Å². The van der Waals surface area contributed by atoms with E-state index in [0.29, 0.717) is 11.9 Å². The van der Waals surface area contributed by atoms with E-state index in [1.54, 1.807) is 0 Å². The van der Waals surface area contributed by atoms with Crippen LogP contribution in [0.25, 0.3) is 0 Å². The van der Waals surface area contributed by atoms with Crippen LogP contribution in [0, 0.1) is 0 Å². The number of aromatic nitrogens is 2.